The Balaban J connectivity index is 1.42. The highest BCUT2D eigenvalue weighted by Crippen LogP contribution is 2.40. The predicted octanol–water partition coefficient (Wildman–Crippen LogP) is 5.50. The molecule has 0 radical (unpaired) electrons. The number of allylic oxidation sites excluding steroid dienone is 2. The highest BCUT2D eigenvalue weighted by Gasteiger charge is 2.40. The Kier molecular flexibility index (Phi) is 15.3. The molecule has 5 heterocycles. The number of carbonyl (C=O) groups is 5. The summed E-state index contributed by atoms with van der Waals surface area (Å²) in [5, 5.41) is 5.27. The number of nitrogens with zero attached hydrogens (tertiary/aromatic N) is 6. The summed E-state index contributed by atoms with van der Waals surface area (Å²) in [5.74, 6) is -2.20. The summed E-state index contributed by atoms with van der Waals surface area (Å²) in [7, 11) is 3.23. The van der Waals surface area contributed by atoms with Crippen molar-refractivity contribution in [3.63, 3.8) is 0 Å². The molecule has 2 aromatic heterocycles. The second-order valence-electron chi connectivity index (χ2n) is 18.3. The number of hydrogen-bond donors (Lipinski definition) is 2. The van der Waals surface area contributed by atoms with Gasteiger partial charge in [0.1, 0.15) is 18.1 Å². The second kappa shape index (κ2) is 20.5. The lowest BCUT2D eigenvalue weighted by molar-refractivity contribution is -0.155. The van der Waals surface area contributed by atoms with Gasteiger partial charge in [-0.15, -0.1) is 0 Å². The molecule has 0 saturated carbocycles. The summed E-state index contributed by atoms with van der Waals surface area (Å²) in [6.07, 6.45) is 7.87. The number of cyclic esters (lactones) is 1. The fourth-order valence-corrected chi connectivity index (χ4v) is 9.37. The van der Waals surface area contributed by atoms with Crippen LogP contribution in [0.15, 0.2) is 64.8 Å². The van der Waals surface area contributed by atoms with E-state index in [-0.39, 0.29) is 55.8 Å². The smallest absolute Gasteiger partial charge is 0.324 e. The number of aliphatic imine (C=N–C) groups is 1. The van der Waals surface area contributed by atoms with E-state index in [1.54, 1.807) is 31.5 Å². The van der Waals surface area contributed by atoms with E-state index in [2.05, 4.69) is 66.4 Å². The van der Waals surface area contributed by atoms with Crippen molar-refractivity contribution < 1.29 is 37.9 Å². The molecule has 3 aliphatic rings. The van der Waals surface area contributed by atoms with E-state index in [4.69, 9.17) is 18.9 Å². The normalized spacial score (nSPS) is 21.7. The van der Waals surface area contributed by atoms with Crippen molar-refractivity contribution in [2.45, 2.75) is 111 Å². The molecule has 2 saturated heterocycles. The van der Waals surface area contributed by atoms with Crippen LogP contribution in [0.1, 0.15) is 84.9 Å². The third-order valence-electron chi connectivity index (χ3n) is 12.7. The van der Waals surface area contributed by atoms with E-state index in [9.17, 15) is 24.0 Å². The van der Waals surface area contributed by atoms with Gasteiger partial charge in [0.25, 0.3) is 5.91 Å². The summed E-state index contributed by atoms with van der Waals surface area (Å²) in [6, 6.07) is 3.12. The number of amides is 4. The topological polar surface area (TPSA) is 181 Å². The minimum Gasteiger partial charge on any atom is -0.464 e. The van der Waals surface area contributed by atoms with Crippen LogP contribution in [0.3, 0.4) is 0 Å². The lowest BCUT2D eigenvalue weighted by Gasteiger charge is -2.36. The summed E-state index contributed by atoms with van der Waals surface area (Å²) in [4.78, 5) is 81.3. The van der Waals surface area contributed by atoms with Gasteiger partial charge in [-0.2, -0.15) is 0 Å². The summed E-state index contributed by atoms with van der Waals surface area (Å²) in [6.45, 7) is 23.1. The average molecular weight is 895 g/mol. The fraction of sp³-hybridized carbons (Fsp3) is 0.531. The molecule has 65 heavy (non-hydrogen) atoms. The monoisotopic (exact) mass is 895 g/mol. The molecule has 2 fully saturated rings. The highest BCUT2D eigenvalue weighted by molar-refractivity contribution is 5.96. The molecule has 16 nitrogen and oxygen atoms in total. The number of carbonyl (C=O) groups excluding carboxylic acids is 5. The molecule has 4 amide bonds. The van der Waals surface area contributed by atoms with Crippen molar-refractivity contribution in [1.29, 1.82) is 0 Å². The van der Waals surface area contributed by atoms with Gasteiger partial charge >= 0.3 is 5.97 Å². The number of hydrogen-bond acceptors (Lipinski definition) is 11. The fourth-order valence-electron chi connectivity index (χ4n) is 9.37. The Labute approximate surface area is 382 Å². The number of methoxy groups -OCH3 is 1. The van der Waals surface area contributed by atoms with Gasteiger partial charge in [-0.3, -0.25) is 34.0 Å². The molecule has 3 aromatic rings. The minimum absolute atomic E-state index is 0.0912. The Hall–Kier alpha value is -5.87. The summed E-state index contributed by atoms with van der Waals surface area (Å²) in [5.41, 5.74) is 7.77. The van der Waals surface area contributed by atoms with Crippen LogP contribution in [0.2, 0.25) is 0 Å². The molecular formula is C49H66N8O8. The van der Waals surface area contributed by atoms with Gasteiger partial charge < -0.3 is 33.6 Å². The molecule has 6 bridgehead atoms. The number of fused-ring (bicyclic) bond motifs is 6. The molecule has 0 spiro atoms. The van der Waals surface area contributed by atoms with Crippen LogP contribution in [-0.2, 0) is 52.8 Å². The number of ether oxygens (including phenoxy) is 2. The van der Waals surface area contributed by atoms with Crippen molar-refractivity contribution in [3.8, 4) is 11.3 Å². The number of nitrogens with one attached hydrogen (secondary N) is 2. The first-order valence-electron chi connectivity index (χ1n) is 22.7. The van der Waals surface area contributed by atoms with Gasteiger partial charge in [0.05, 0.1) is 42.6 Å². The molecular weight excluding hydrogens is 829 g/mol. The van der Waals surface area contributed by atoms with Gasteiger partial charge in [-0.1, -0.05) is 46.9 Å². The molecule has 5 atom stereocenters. The van der Waals surface area contributed by atoms with Crippen LogP contribution >= 0.6 is 0 Å². The molecule has 0 aliphatic carbocycles. The maximum absolute atomic E-state index is 14.6. The minimum atomic E-state index is -1.19. The van der Waals surface area contributed by atoms with Gasteiger partial charge in [0.2, 0.25) is 17.7 Å². The maximum atomic E-state index is 14.6. The van der Waals surface area contributed by atoms with E-state index < -0.39 is 47.2 Å². The highest BCUT2D eigenvalue weighted by atomic mass is 16.5. The Bertz CT molecular complexity index is 2370. The van der Waals surface area contributed by atoms with Crippen LogP contribution in [0.4, 0.5) is 0 Å². The van der Waals surface area contributed by atoms with E-state index in [0.717, 1.165) is 39.0 Å². The first-order chi connectivity index (χ1) is 31.0. The number of likely N-dealkylation sites (tertiary alicyclic amines) is 1. The lowest BCUT2D eigenvalue weighted by atomic mass is 9.84. The lowest BCUT2D eigenvalue weighted by Crippen LogP contribution is -2.62. The van der Waals surface area contributed by atoms with Crippen molar-refractivity contribution >= 4 is 52.3 Å². The van der Waals surface area contributed by atoms with Crippen LogP contribution in [-0.4, -0.2) is 125 Å². The number of aryl methyl sites for hydroxylation is 1. The first-order valence-corrected chi connectivity index (χ1v) is 22.7. The third kappa shape index (κ3) is 10.3. The van der Waals surface area contributed by atoms with Gasteiger partial charge in [0, 0.05) is 74.0 Å². The van der Waals surface area contributed by atoms with Crippen LogP contribution in [0.5, 0.6) is 0 Å². The molecule has 1 aromatic carbocycles. The van der Waals surface area contributed by atoms with Crippen molar-refractivity contribution in [2.24, 2.45) is 22.2 Å². The Morgan fingerprint density at radius 2 is 1.89 bits per heavy atom. The second-order valence-corrected chi connectivity index (χ2v) is 18.3. The van der Waals surface area contributed by atoms with Crippen molar-refractivity contribution in [2.75, 3.05) is 40.4 Å². The van der Waals surface area contributed by atoms with E-state index in [0.29, 0.717) is 44.5 Å². The van der Waals surface area contributed by atoms with Crippen LogP contribution in [0.25, 0.3) is 27.8 Å². The maximum Gasteiger partial charge on any atom is 0.324 e. The van der Waals surface area contributed by atoms with Crippen LogP contribution in [0, 0.1) is 17.3 Å². The molecule has 350 valence electrons. The SMILES string of the molecule is C=CC(=O)N1CC[C@H](C(=O)N(C)[C@H](C(=O)N[C@H]2Cc3ncc(o3)-c3ccc4c(c3)c(c(/C(C=C)=C(/N=CC)[C@H](C)OC)n4CC)CC(C)(C)COC(=O)[C@@H]3CCCN(N3)C2=O)C(C)C)C1. The number of rotatable bonds is 12. The standard InChI is InChI=1S/C49H66N8O8/c1-12-33(42(50-14-3)30(7)63-11)44-35-25-49(8,9)28-64-48(62)36-17-16-21-57(53-36)47(61)37(24-40-51-26-39(65-40)31-18-19-38(34(35)23-31)56(44)15-4)52-45(59)43(29(5)6)54(10)46(60)32-20-22-55(27-32)41(58)13-2/h12-14,18-19,23,26,29-30,32,36-37,43,53H,1-2,15-17,20-22,24-25,27-28H2,3-11H3,(H,52,59)/b42-33+,50-14?/t30-,32-,36-,37-,43-/m0/s1. The average Bonchev–Trinajstić information content (AvgIpc) is 4.05. The van der Waals surface area contributed by atoms with E-state index in [1.165, 1.54) is 16.0 Å². The van der Waals surface area contributed by atoms with Gasteiger partial charge in [-0.25, -0.2) is 10.4 Å². The number of hydrazine groups is 1. The molecule has 2 N–H and O–H groups in total. The third-order valence-corrected chi connectivity index (χ3v) is 12.7. The number of aromatic nitrogens is 2. The Morgan fingerprint density at radius 1 is 1.14 bits per heavy atom. The molecule has 0 unspecified atom stereocenters. The molecule has 6 rings (SSSR count). The predicted molar refractivity (Wildman–Crippen MR) is 249 cm³/mol. The zero-order chi connectivity index (χ0) is 47.3. The van der Waals surface area contributed by atoms with Gasteiger partial charge in [-0.05, 0) is 82.2 Å². The largest absolute Gasteiger partial charge is 0.464 e. The summed E-state index contributed by atoms with van der Waals surface area (Å²) >= 11 is 0. The van der Waals surface area contributed by atoms with E-state index in [1.807, 2.05) is 39.8 Å². The zero-order valence-electron chi connectivity index (χ0n) is 39.4. The van der Waals surface area contributed by atoms with Crippen molar-refractivity contribution in [3.05, 3.63) is 72.6 Å². The summed E-state index contributed by atoms with van der Waals surface area (Å²) < 4.78 is 20.6. The van der Waals surface area contributed by atoms with Crippen molar-refractivity contribution in [1.82, 2.24) is 35.1 Å². The number of esters is 1. The quantitative estimate of drug-likeness (QED) is 0.102. The Morgan fingerprint density at radius 3 is 2.55 bits per heavy atom. The van der Waals surface area contributed by atoms with Crippen LogP contribution < -0.4 is 10.7 Å². The number of benzene rings is 1. The molecule has 16 heteroatoms. The zero-order valence-corrected chi connectivity index (χ0v) is 39.4. The number of oxazole rings is 1. The van der Waals surface area contributed by atoms with E-state index >= 15 is 0 Å². The first kappa shape index (κ1) is 48.6. The van der Waals surface area contributed by atoms with Gasteiger partial charge in [0.15, 0.2) is 11.7 Å². The number of likely N-dealkylation sites (N-methyl/N-ethyl adjacent to an activating group) is 1. The molecule has 3 aliphatic heterocycles.